The largest absolute Gasteiger partial charge is 0.481 e. The number of carbonyl (C=O) groups is 1. The van der Waals surface area contributed by atoms with Crippen LogP contribution in [-0.4, -0.2) is 26.5 Å². The predicted octanol–water partition coefficient (Wildman–Crippen LogP) is 5.51. The highest BCUT2D eigenvalue weighted by molar-refractivity contribution is 7.52. The molecular formula is C20H37O5P. The summed E-state index contributed by atoms with van der Waals surface area (Å²) in [7, 11) is -4.07. The van der Waals surface area contributed by atoms with Crippen LogP contribution < -0.4 is 0 Å². The molecule has 0 aliphatic heterocycles. The molecule has 3 unspecified atom stereocenters. The van der Waals surface area contributed by atoms with Gasteiger partial charge in [-0.15, -0.1) is 0 Å². The molecule has 0 fully saturated rings. The average molecular weight is 388 g/mol. The van der Waals surface area contributed by atoms with Crippen LogP contribution in [0.4, 0.5) is 0 Å². The van der Waals surface area contributed by atoms with Crippen LogP contribution in [0.2, 0.25) is 0 Å². The minimum atomic E-state index is -4.07. The maximum absolute atomic E-state index is 12.0. The lowest BCUT2D eigenvalue weighted by Gasteiger charge is -2.32. The van der Waals surface area contributed by atoms with Gasteiger partial charge in [0.25, 0.3) is 0 Å². The van der Waals surface area contributed by atoms with E-state index in [0.717, 1.165) is 44.9 Å². The van der Waals surface area contributed by atoms with Gasteiger partial charge in [0, 0.05) is 6.42 Å². The first-order valence-electron chi connectivity index (χ1n) is 10.3. The molecule has 5 nitrogen and oxygen atoms in total. The first-order valence-corrected chi connectivity index (χ1v) is 12.0. The molecule has 3 atom stereocenters. The minimum absolute atomic E-state index is 0.0262. The van der Waals surface area contributed by atoms with Gasteiger partial charge in [0.15, 0.2) is 0 Å². The Labute approximate surface area is 158 Å². The smallest absolute Gasteiger partial charge is 0.329 e. The van der Waals surface area contributed by atoms with E-state index in [4.69, 9.17) is 5.11 Å². The van der Waals surface area contributed by atoms with E-state index >= 15 is 0 Å². The summed E-state index contributed by atoms with van der Waals surface area (Å²) in [5.41, 5.74) is -0.532. The van der Waals surface area contributed by atoms with Gasteiger partial charge in [0.05, 0.1) is 5.66 Å². The average Bonchev–Trinajstić information content (AvgIpc) is 2.57. The van der Waals surface area contributed by atoms with Crippen molar-refractivity contribution in [3.05, 3.63) is 12.2 Å². The highest BCUT2D eigenvalue weighted by Gasteiger charge is 2.38. The quantitative estimate of drug-likeness (QED) is 0.207. The van der Waals surface area contributed by atoms with Crippen LogP contribution in [0.5, 0.6) is 0 Å². The van der Waals surface area contributed by atoms with Crippen molar-refractivity contribution < 1.29 is 24.3 Å². The fourth-order valence-electron chi connectivity index (χ4n) is 3.90. The van der Waals surface area contributed by atoms with Gasteiger partial charge in [-0.25, -0.2) is 0 Å². The van der Waals surface area contributed by atoms with Crippen molar-refractivity contribution in [2.24, 2.45) is 11.8 Å². The second-order valence-corrected chi connectivity index (χ2v) is 9.59. The summed E-state index contributed by atoms with van der Waals surface area (Å²) in [6, 6.07) is 0. The van der Waals surface area contributed by atoms with E-state index < -0.39 is 19.2 Å². The van der Waals surface area contributed by atoms with Crippen molar-refractivity contribution in [3.8, 4) is 0 Å². The molecule has 1 rings (SSSR count). The van der Waals surface area contributed by atoms with Crippen LogP contribution in [-0.2, 0) is 9.36 Å². The summed E-state index contributed by atoms with van der Waals surface area (Å²) < 4.78 is 12.0. The summed E-state index contributed by atoms with van der Waals surface area (Å²) in [5, 5.41) is 8.61. The van der Waals surface area contributed by atoms with Gasteiger partial charge >= 0.3 is 13.6 Å². The number of unbranched alkanes of at least 4 members (excludes halogenated alkanes) is 7. The molecule has 0 amide bonds. The van der Waals surface area contributed by atoms with Crippen molar-refractivity contribution in [3.63, 3.8) is 0 Å². The van der Waals surface area contributed by atoms with E-state index in [1.807, 2.05) is 0 Å². The van der Waals surface area contributed by atoms with Crippen LogP contribution in [0.15, 0.2) is 12.2 Å². The van der Waals surface area contributed by atoms with Crippen LogP contribution in [0.1, 0.15) is 90.4 Å². The first kappa shape index (κ1) is 23.4. The van der Waals surface area contributed by atoms with Gasteiger partial charge in [0.1, 0.15) is 0 Å². The van der Waals surface area contributed by atoms with Gasteiger partial charge in [-0.2, -0.15) is 0 Å². The van der Waals surface area contributed by atoms with Crippen LogP contribution in [0, 0.1) is 11.8 Å². The number of hydrogen-bond donors (Lipinski definition) is 3. The van der Waals surface area contributed by atoms with E-state index in [1.165, 1.54) is 19.3 Å². The summed E-state index contributed by atoms with van der Waals surface area (Å²) in [4.78, 5) is 30.0. The van der Waals surface area contributed by atoms with E-state index in [-0.39, 0.29) is 12.3 Å². The molecule has 6 heteroatoms. The van der Waals surface area contributed by atoms with Gasteiger partial charge < -0.3 is 14.9 Å². The molecule has 0 saturated heterocycles. The highest BCUT2D eigenvalue weighted by Crippen LogP contribution is 2.51. The lowest BCUT2D eigenvalue weighted by Crippen LogP contribution is -2.26. The Morgan fingerprint density at radius 3 is 2.23 bits per heavy atom. The van der Waals surface area contributed by atoms with Crippen molar-refractivity contribution >= 4 is 13.6 Å². The molecule has 26 heavy (non-hydrogen) atoms. The molecule has 0 aromatic heterocycles. The highest BCUT2D eigenvalue weighted by atomic mass is 31.2. The zero-order valence-electron chi connectivity index (χ0n) is 16.2. The second-order valence-electron chi connectivity index (χ2n) is 7.75. The molecule has 0 aromatic rings. The number of carboxylic acid groups (broad SMARTS) is 1. The number of aliphatic carboxylic acids is 1. The number of rotatable bonds is 14. The number of hydrogen-bond acceptors (Lipinski definition) is 2. The lowest BCUT2D eigenvalue weighted by atomic mass is 9.83. The summed E-state index contributed by atoms with van der Waals surface area (Å²) >= 11 is 0. The Morgan fingerprint density at radius 2 is 1.58 bits per heavy atom. The molecule has 0 heterocycles. The van der Waals surface area contributed by atoms with Crippen molar-refractivity contribution in [1.29, 1.82) is 0 Å². The van der Waals surface area contributed by atoms with Crippen molar-refractivity contribution in [2.45, 2.75) is 96.1 Å². The lowest BCUT2D eigenvalue weighted by molar-refractivity contribution is -0.137. The molecule has 0 spiro atoms. The fraction of sp³-hybridized carbons (Fsp3) is 0.850. The molecule has 0 bridgehead atoms. The van der Waals surface area contributed by atoms with E-state index in [1.54, 1.807) is 0 Å². The monoisotopic (exact) mass is 388 g/mol. The Morgan fingerprint density at radius 1 is 0.962 bits per heavy atom. The minimum Gasteiger partial charge on any atom is -0.481 e. The zero-order chi connectivity index (χ0) is 19.4. The van der Waals surface area contributed by atoms with Gasteiger partial charge in [-0.1, -0.05) is 70.4 Å². The third kappa shape index (κ3) is 9.89. The maximum atomic E-state index is 12.0. The van der Waals surface area contributed by atoms with Crippen LogP contribution in [0.3, 0.4) is 0 Å². The standard InChI is InChI=1S/C20H37O5P/c1-2-3-4-8-11-17-14-15-18(19(16-17)26(23,24)25)12-9-6-5-7-10-13-20(21)22/h14-15,17-19H,2-13,16H2,1H3,(H,21,22)(H2,23,24,25). The van der Waals surface area contributed by atoms with Crippen LogP contribution >= 0.6 is 7.60 Å². The Bertz CT molecular complexity index is 471. The molecular weight excluding hydrogens is 351 g/mol. The SMILES string of the molecule is CCCCCCC1C=CC(CCCCCCCC(=O)O)C(P(=O)(O)O)C1. The normalized spacial score (nSPS) is 23.3. The Balaban J connectivity index is 2.37. The molecule has 3 N–H and O–H groups in total. The van der Waals surface area contributed by atoms with Crippen molar-refractivity contribution in [2.75, 3.05) is 0 Å². The summed E-state index contributed by atoms with van der Waals surface area (Å²) in [6.07, 6.45) is 16.2. The summed E-state index contributed by atoms with van der Waals surface area (Å²) in [5.74, 6) is -0.468. The summed E-state index contributed by atoms with van der Waals surface area (Å²) in [6.45, 7) is 2.18. The van der Waals surface area contributed by atoms with E-state index in [0.29, 0.717) is 18.8 Å². The Hall–Kier alpha value is -0.640. The van der Waals surface area contributed by atoms with Gasteiger partial charge in [-0.3, -0.25) is 9.36 Å². The van der Waals surface area contributed by atoms with E-state index in [2.05, 4.69) is 19.1 Å². The second kappa shape index (κ2) is 12.7. The molecule has 152 valence electrons. The number of allylic oxidation sites excluding steroid dienone is 2. The molecule has 1 aliphatic rings. The molecule has 0 saturated carbocycles. The van der Waals surface area contributed by atoms with Crippen molar-refractivity contribution in [1.82, 2.24) is 0 Å². The Kier molecular flexibility index (Phi) is 11.4. The predicted molar refractivity (Wildman–Crippen MR) is 105 cm³/mol. The maximum Gasteiger partial charge on any atom is 0.329 e. The third-order valence-corrected chi connectivity index (χ3v) is 6.92. The third-order valence-electron chi connectivity index (χ3n) is 5.46. The van der Waals surface area contributed by atoms with Crippen LogP contribution in [0.25, 0.3) is 0 Å². The topological polar surface area (TPSA) is 94.8 Å². The van der Waals surface area contributed by atoms with E-state index in [9.17, 15) is 19.1 Å². The molecule has 1 aliphatic carbocycles. The molecule has 0 radical (unpaired) electrons. The first-order chi connectivity index (χ1) is 12.3. The van der Waals surface area contributed by atoms with Gasteiger partial charge in [-0.05, 0) is 37.5 Å². The zero-order valence-corrected chi connectivity index (χ0v) is 17.1. The van der Waals surface area contributed by atoms with Gasteiger partial charge in [0.2, 0.25) is 0 Å². The molecule has 0 aromatic carbocycles. The number of carboxylic acids is 1. The fourth-order valence-corrected chi connectivity index (χ4v) is 5.19.